The van der Waals surface area contributed by atoms with Crippen molar-refractivity contribution in [3.8, 4) is 43.9 Å². The van der Waals surface area contributed by atoms with Gasteiger partial charge in [-0.1, -0.05) is 37.6 Å². The van der Waals surface area contributed by atoms with Gasteiger partial charge in [0.1, 0.15) is 26.4 Å². The predicted octanol–water partition coefficient (Wildman–Crippen LogP) is 7.59. The van der Waals surface area contributed by atoms with E-state index in [1.165, 1.54) is 32.9 Å². The number of benzene rings is 2. The SMILES string of the molecule is CCCCn1c2cc(-c3scc4c3OCCO4)ccc2c2ccc(-c3scc4c3OCCO4)cc21. The lowest BCUT2D eigenvalue weighted by Crippen LogP contribution is -2.14. The molecule has 0 fully saturated rings. The van der Waals surface area contributed by atoms with Crippen LogP contribution >= 0.6 is 22.7 Å². The molecule has 3 aromatic heterocycles. The number of ether oxygens (including phenoxy) is 4. The molecule has 35 heavy (non-hydrogen) atoms. The fourth-order valence-corrected chi connectivity index (χ4v) is 6.92. The molecule has 5 nitrogen and oxygen atoms in total. The summed E-state index contributed by atoms with van der Waals surface area (Å²) >= 11 is 3.38. The van der Waals surface area contributed by atoms with E-state index < -0.39 is 0 Å². The van der Waals surface area contributed by atoms with Gasteiger partial charge < -0.3 is 23.5 Å². The summed E-state index contributed by atoms with van der Waals surface area (Å²) in [5.41, 5.74) is 4.87. The van der Waals surface area contributed by atoms with Gasteiger partial charge in [-0.2, -0.15) is 0 Å². The van der Waals surface area contributed by atoms with Crippen LogP contribution in [0.25, 0.3) is 42.7 Å². The van der Waals surface area contributed by atoms with Crippen LogP contribution in [-0.4, -0.2) is 31.0 Å². The Balaban J connectivity index is 1.40. The van der Waals surface area contributed by atoms with Gasteiger partial charge in [0.2, 0.25) is 0 Å². The van der Waals surface area contributed by atoms with Crippen molar-refractivity contribution >= 4 is 44.5 Å². The maximum atomic E-state index is 5.98. The number of aryl methyl sites for hydroxylation is 1. The summed E-state index contributed by atoms with van der Waals surface area (Å²) in [7, 11) is 0. The fourth-order valence-electron chi connectivity index (χ4n) is 5.06. The van der Waals surface area contributed by atoms with Gasteiger partial charge in [0.25, 0.3) is 0 Å². The van der Waals surface area contributed by atoms with Crippen LogP contribution in [0.4, 0.5) is 0 Å². The molecule has 178 valence electrons. The molecule has 0 bridgehead atoms. The van der Waals surface area contributed by atoms with Crippen molar-refractivity contribution in [3.05, 3.63) is 47.2 Å². The summed E-state index contributed by atoms with van der Waals surface area (Å²) in [6.07, 6.45) is 2.28. The Morgan fingerprint density at radius 3 is 1.74 bits per heavy atom. The minimum Gasteiger partial charge on any atom is -0.485 e. The van der Waals surface area contributed by atoms with Crippen molar-refractivity contribution in [1.29, 1.82) is 0 Å². The first kappa shape index (κ1) is 21.1. The predicted molar refractivity (Wildman–Crippen MR) is 143 cm³/mol. The lowest BCUT2D eigenvalue weighted by Gasteiger charge is -2.16. The molecule has 0 atom stereocenters. The first-order valence-corrected chi connectivity index (χ1v) is 13.9. The summed E-state index contributed by atoms with van der Waals surface area (Å²) in [5, 5.41) is 6.67. The molecule has 5 aromatic rings. The molecule has 0 spiro atoms. The fraction of sp³-hybridized carbons (Fsp3) is 0.286. The third-order valence-electron chi connectivity index (χ3n) is 6.73. The quantitative estimate of drug-likeness (QED) is 0.248. The van der Waals surface area contributed by atoms with Gasteiger partial charge in [0.05, 0.1) is 9.75 Å². The highest BCUT2D eigenvalue weighted by molar-refractivity contribution is 7.14. The van der Waals surface area contributed by atoms with Crippen LogP contribution in [0.15, 0.2) is 47.2 Å². The summed E-state index contributed by atoms with van der Waals surface area (Å²) in [5.74, 6) is 3.48. The molecule has 0 unspecified atom stereocenters. The van der Waals surface area contributed by atoms with Gasteiger partial charge in [-0.05, 0) is 29.7 Å². The Hall–Kier alpha value is -3.16. The van der Waals surface area contributed by atoms with E-state index in [0.29, 0.717) is 26.4 Å². The highest BCUT2D eigenvalue weighted by atomic mass is 32.1. The van der Waals surface area contributed by atoms with E-state index in [1.807, 2.05) is 0 Å². The molecule has 0 saturated carbocycles. The number of rotatable bonds is 5. The summed E-state index contributed by atoms with van der Waals surface area (Å²) in [4.78, 5) is 2.27. The molecular weight excluding hydrogens is 478 g/mol. The maximum Gasteiger partial charge on any atom is 0.179 e. The molecule has 7 rings (SSSR count). The largest absolute Gasteiger partial charge is 0.485 e. The molecule has 0 saturated heterocycles. The third kappa shape index (κ3) is 3.40. The van der Waals surface area contributed by atoms with Crippen LogP contribution in [0.1, 0.15) is 19.8 Å². The molecule has 2 aliphatic rings. The second-order valence-electron chi connectivity index (χ2n) is 8.88. The van der Waals surface area contributed by atoms with Gasteiger partial charge in [0, 0.05) is 39.1 Å². The molecule has 2 aliphatic heterocycles. The minimum atomic E-state index is 0.597. The summed E-state index contributed by atoms with van der Waals surface area (Å²) in [6, 6.07) is 13.6. The Bertz CT molecular complexity index is 1450. The molecular formula is C28H25NO4S2. The topological polar surface area (TPSA) is 41.9 Å². The lowest BCUT2D eigenvalue weighted by molar-refractivity contribution is 0.174. The average Bonchev–Trinajstić information content (AvgIpc) is 3.60. The van der Waals surface area contributed by atoms with Gasteiger partial charge in [-0.15, -0.1) is 22.7 Å². The maximum absolute atomic E-state index is 5.98. The van der Waals surface area contributed by atoms with Gasteiger partial charge in [-0.3, -0.25) is 0 Å². The first-order chi connectivity index (χ1) is 17.3. The zero-order chi connectivity index (χ0) is 23.4. The highest BCUT2D eigenvalue weighted by Gasteiger charge is 2.23. The first-order valence-electron chi connectivity index (χ1n) is 12.1. The standard InChI is InChI=1S/C28H25NO4S2/c1-2-3-8-29-21-13-17(27-25-23(15-34-27)30-9-11-32-25)4-6-19(21)20-7-5-18(14-22(20)29)28-26-24(16-35-28)31-10-12-33-26/h4-7,13-16H,2-3,8-12H2,1H3. The third-order valence-corrected chi connectivity index (χ3v) is 8.71. The minimum absolute atomic E-state index is 0.597. The van der Waals surface area contributed by atoms with Gasteiger partial charge in [-0.25, -0.2) is 0 Å². The van der Waals surface area contributed by atoms with Crippen molar-refractivity contribution in [3.63, 3.8) is 0 Å². The van der Waals surface area contributed by atoms with E-state index >= 15 is 0 Å². The number of hydrogen-bond donors (Lipinski definition) is 0. The number of nitrogens with zero attached hydrogens (tertiary/aromatic N) is 1. The van der Waals surface area contributed by atoms with Crippen LogP contribution in [0.2, 0.25) is 0 Å². The zero-order valence-electron chi connectivity index (χ0n) is 19.5. The van der Waals surface area contributed by atoms with Crippen molar-refractivity contribution in [2.45, 2.75) is 26.3 Å². The number of hydrogen-bond acceptors (Lipinski definition) is 6. The Morgan fingerprint density at radius 1 is 0.714 bits per heavy atom. The van der Waals surface area contributed by atoms with Crippen LogP contribution < -0.4 is 18.9 Å². The van der Waals surface area contributed by atoms with Crippen molar-refractivity contribution < 1.29 is 18.9 Å². The summed E-state index contributed by atoms with van der Waals surface area (Å²) in [6.45, 7) is 5.64. The van der Waals surface area contributed by atoms with Crippen LogP contribution in [0.5, 0.6) is 23.0 Å². The second kappa shape index (κ2) is 8.50. The van der Waals surface area contributed by atoms with E-state index in [1.54, 1.807) is 22.7 Å². The lowest BCUT2D eigenvalue weighted by atomic mass is 10.1. The molecule has 0 N–H and O–H groups in total. The number of thiophene rings is 2. The normalized spacial score (nSPS) is 14.7. The van der Waals surface area contributed by atoms with E-state index in [9.17, 15) is 0 Å². The van der Waals surface area contributed by atoms with E-state index in [4.69, 9.17) is 18.9 Å². The number of unbranched alkanes of at least 4 members (excludes halogenated alkanes) is 1. The highest BCUT2D eigenvalue weighted by Crippen LogP contribution is 2.48. The Morgan fingerprint density at radius 2 is 1.23 bits per heavy atom. The molecule has 7 heteroatoms. The molecule has 2 aromatic carbocycles. The monoisotopic (exact) mass is 503 g/mol. The van der Waals surface area contributed by atoms with Crippen LogP contribution in [0.3, 0.4) is 0 Å². The molecule has 0 amide bonds. The van der Waals surface area contributed by atoms with Crippen LogP contribution in [0, 0.1) is 0 Å². The molecule has 5 heterocycles. The Kier molecular flexibility index (Phi) is 5.14. The van der Waals surface area contributed by atoms with E-state index in [0.717, 1.165) is 52.1 Å². The smallest absolute Gasteiger partial charge is 0.179 e. The van der Waals surface area contributed by atoms with Crippen molar-refractivity contribution in [2.24, 2.45) is 0 Å². The number of fused-ring (bicyclic) bond motifs is 5. The van der Waals surface area contributed by atoms with Crippen molar-refractivity contribution in [2.75, 3.05) is 26.4 Å². The second-order valence-corrected chi connectivity index (χ2v) is 10.6. The van der Waals surface area contributed by atoms with Crippen molar-refractivity contribution in [1.82, 2.24) is 4.57 Å². The molecule has 0 radical (unpaired) electrons. The van der Waals surface area contributed by atoms with E-state index in [-0.39, 0.29) is 0 Å². The van der Waals surface area contributed by atoms with Gasteiger partial charge in [0.15, 0.2) is 23.0 Å². The van der Waals surface area contributed by atoms with Gasteiger partial charge >= 0.3 is 0 Å². The number of aromatic nitrogens is 1. The molecule has 0 aliphatic carbocycles. The van der Waals surface area contributed by atoms with E-state index in [2.05, 4.69) is 58.6 Å². The Labute approximate surface area is 211 Å². The average molecular weight is 504 g/mol. The van der Waals surface area contributed by atoms with Crippen LogP contribution in [-0.2, 0) is 6.54 Å². The zero-order valence-corrected chi connectivity index (χ0v) is 21.1. The summed E-state index contributed by atoms with van der Waals surface area (Å²) < 4.78 is 26.0.